The van der Waals surface area contributed by atoms with Crippen LogP contribution in [0.4, 0.5) is 4.79 Å². The van der Waals surface area contributed by atoms with Gasteiger partial charge in [0, 0.05) is 23.0 Å². The molecule has 6 N–H and O–H groups in total. The number of ether oxygens (including phenoxy) is 1. The molecule has 0 fully saturated rings. The zero-order valence-electron chi connectivity index (χ0n) is 28.0. The zero-order chi connectivity index (χ0) is 35.9. The molecule has 262 valence electrons. The lowest BCUT2D eigenvalue weighted by Crippen LogP contribution is -2.59. The van der Waals surface area contributed by atoms with Crippen LogP contribution in [0.1, 0.15) is 50.3 Å². The van der Waals surface area contributed by atoms with Crippen molar-refractivity contribution in [3.63, 3.8) is 0 Å². The Bertz CT molecular complexity index is 1690. The van der Waals surface area contributed by atoms with Crippen molar-refractivity contribution in [1.82, 2.24) is 20.5 Å². The number of carboxylic acids is 1. The molecule has 5 amide bonds. The lowest BCUT2D eigenvalue weighted by molar-refractivity contribution is -0.151. The van der Waals surface area contributed by atoms with Crippen molar-refractivity contribution in [3.05, 3.63) is 71.4 Å². The van der Waals surface area contributed by atoms with Crippen molar-refractivity contribution in [1.29, 1.82) is 0 Å². The number of carbonyl (C=O) groups is 6. The number of thioether (sulfide) groups is 1. The summed E-state index contributed by atoms with van der Waals surface area (Å²) >= 11 is 1.41. The van der Waals surface area contributed by atoms with Gasteiger partial charge in [-0.15, -0.1) is 0 Å². The van der Waals surface area contributed by atoms with Crippen LogP contribution in [0, 0.1) is 5.92 Å². The van der Waals surface area contributed by atoms with Gasteiger partial charge in [-0.1, -0.05) is 42.5 Å². The number of benzene rings is 2. The van der Waals surface area contributed by atoms with Gasteiger partial charge in [0.25, 0.3) is 5.91 Å². The third kappa shape index (κ3) is 9.70. The SMILES string of the molecule is CSCC[C@H](NC(=O)[C@@H](N)Cc1c[nH]c2ccccc12)C(=O)N[C@@H](CC(=O)O)C(=O)N(C(=O)OC(C)(C)C)C(=O)C1Cc2ccccc2C1. The molecule has 0 saturated carbocycles. The predicted octanol–water partition coefficient (Wildman–Crippen LogP) is 2.94. The van der Waals surface area contributed by atoms with E-state index in [0.29, 0.717) is 10.7 Å². The molecule has 1 aliphatic rings. The van der Waals surface area contributed by atoms with Crippen LogP contribution in [0.5, 0.6) is 0 Å². The Morgan fingerprint density at radius 3 is 2.20 bits per heavy atom. The van der Waals surface area contributed by atoms with E-state index in [4.69, 9.17) is 10.5 Å². The van der Waals surface area contributed by atoms with Gasteiger partial charge in [-0.3, -0.25) is 24.0 Å². The van der Waals surface area contributed by atoms with Crippen LogP contribution in [0.15, 0.2) is 54.7 Å². The number of para-hydroxylation sites is 1. The summed E-state index contributed by atoms with van der Waals surface area (Å²) in [4.78, 5) is 83.4. The third-order valence-electron chi connectivity index (χ3n) is 8.11. The number of aromatic amines is 1. The van der Waals surface area contributed by atoms with Crippen LogP contribution in [0.25, 0.3) is 10.9 Å². The fourth-order valence-electron chi connectivity index (χ4n) is 5.73. The second kappa shape index (κ2) is 16.1. The molecule has 0 saturated heterocycles. The van der Waals surface area contributed by atoms with E-state index < -0.39 is 71.8 Å². The van der Waals surface area contributed by atoms with Crippen molar-refractivity contribution in [2.75, 3.05) is 12.0 Å². The number of aromatic nitrogens is 1. The Morgan fingerprint density at radius 2 is 1.59 bits per heavy atom. The Balaban J connectivity index is 1.54. The first-order valence-corrected chi connectivity index (χ1v) is 17.4. The number of hydrogen-bond acceptors (Lipinski definition) is 9. The van der Waals surface area contributed by atoms with E-state index in [1.54, 1.807) is 27.0 Å². The number of fused-ring (bicyclic) bond motifs is 2. The predicted molar refractivity (Wildman–Crippen MR) is 185 cm³/mol. The summed E-state index contributed by atoms with van der Waals surface area (Å²) in [6.07, 6.45) is 2.18. The molecule has 1 aromatic heterocycles. The van der Waals surface area contributed by atoms with E-state index in [1.165, 1.54) is 11.8 Å². The topological polar surface area (TPSA) is 201 Å². The summed E-state index contributed by atoms with van der Waals surface area (Å²) in [6, 6.07) is 10.8. The highest BCUT2D eigenvalue weighted by Gasteiger charge is 2.43. The fourth-order valence-corrected chi connectivity index (χ4v) is 6.20. The molecule has 1 heterocycles. The van der Waals surface area contributed by atoms with Crippen LogP contribution in [-0.4, -0.2) is 86.4 Å². The van der Waals surface area contributed by atoms with Gasteiger partial charge >= 0.3 is 12.1 Å². The van der Waals surface area contributed by atoms with E-state index in [0.717, 1.165) is 27.6 Å². The van der Waals surface area contributed by atoms with E-state index in [2.05, 4.69) is 15.6 Å². The number of carbonyl (C=O) groups excluding carboxylic acids is 5. The van der Waals surface area contributed by atoms with Gasteiger partial charge in [0.1, 0.15) is 17.7 Å². The van der Waals surface area contributed by atoms with Crippen molar-refractivity contribution >= 4 is 58.4 Å². The number of imide groups is 3. The number of nitrogens with one attached hydrogen (secondary N) is 3. The highest BCUT2D eigenvalue weighted by Crippen LogP contribution is 2.29. The minimum absolute atomic E-state index is 0.127. The molecule has 1 aliphatic carbocycles. The summed E-state index contributed by atoms with van der Waals surface area (Å²) < 4.78 is 5.40. The normalized spacial score (nSPS) is 14.7. The quantitative estimate of drug-likeness (QED) is 0.177. The summed E-state index contributed by atoms with van der Waals surface area (Å²) in [7, 11) is 0. The number of carboxylic acid groups (broad SMARTS) is 1. The van der Waals surface area contributed by atoms with Crippen LogP contribution >= 0.6 is 11.8 Å². The molecule has 14 heteroatoms. The molecule has 4 rings (SSSR count). The molecule has 3 aromatic rings. The summed E-state index contributed by atoms with van der Waals surface area (Å²) in [5, 5.41) is 15.6. The largest absolute Gasteiger partial charge is 0.481 e. The second-order valence-corrected chi connectivity index (χ2v) is 14.0. The lowest BCUT2D eigenvalue weighted by atomic mass is 10.0. The number of nitrogens with two attached hydrogens (primary N) is 1. The van der Waals surface area contributed by atoms with Crippen LogP contribution in [0.3, 0.4) is 0 Å². The van der Waals surface area contributed by atoms with Gasteiger partial charge in [0.2, 0.25) is 17.7 Å². The average Bonchev–Trinajstić information content (AvgIpc) is 3.66. The number of amides is 5. The van der Waals surface area contributed by atoms with Gasteiger partial charge in [-0.05, 0) is 81.2 Å². The van der Waals surface area contributed by atoms with E-state index >= 15 is 0 Å². The molecule has 2 aromatic carbocycles. The lowest BCUT2D eigenvalue weighted by Gasteiger charge is -2.29. The van der Waals surface area contributed by atoms with E-state index in [-0.39, 0.29) is 25.7 Å². The molecule has 0 spiro atoms. The molecule has 0 radical (unpaired) electrons. The summed E-state index contributed by atoms with van der Waals surface area (Å²) in [5.74, 6) is -5.44. The standard InChI is InChI=1S/C35H43N5O8S/c1-35(2,3)48-34(47)40(32(45)22-15-20-9-5-6-10-21(20)16-22)33(46)28(18-29(41)42)39-31(44)27(13-14-49-4)38-30(43)25(36)17-23-19-37-26-12-8-7-11-24(23)26/h5-12,19,22,25,27-28,37H,13-18,36H2,1-4H3,(H,38,43)(H,39,44)(H,41,42)/t25-,27-,28-/m0/s1. The molecule has 13 nitrogen and oxygen atoms in total. The molecule has 0 aliphatic heterocycles. The van der Waals surface area contributed by atoms with E-state index in [9.17, 15) is 33.9 Å². The highest BCUT2D eigenvalue weighted by atomic mass is 32.2. The number of H-pyrrole nitrogens is 1. The average molecular weight is 694 g/mol. The maximum absolute atomic E-state index is 14.0. The number of nitrogens with zero attached hydrogens (tertiary/aromatic N) is 1. The first kappa shape index (κ1) is 37.1. The van der Waals surface area contributed by atoms with Crippen molar-refractivity contribution < 1.29 is 38.6 Å². The Labute approximate surface area is 288 Å². The van der Waals surface area contributed by atoms with Crippen molar-refractivity contribution in [3.8, 4) is 0 Å². The zero-order valence-corrected chi connectivity index (χ0v) is 28.8. The molecule has 0 bridgehead atoms. The van der Waals surface area contributed by atoms with Gasteiger partial charge < -0.3 is 31.2 Å². The highest BCUT2D eigenvalue weighted by molar-refractivity contribution is 7.98. The Morgan fingerprint density at radius 1 is 0.980 bits per heavy atom. The van der Waals surface area contributed by atoms with Gasteiger partial charge in [0.15, 0.2) is 0 Å². The second-order valence-electron chi connectivity index (χ2n) is 13.0. The number of hydrogen-bond donors (Lipinski definition) is 5. The maximum atomic E-state index is 14.0. The van der Waals surface area contributed by atoms with Crippen LogP contribution < -0.4 is 16.4 Å². The molecule has 3 atom stereocenters. The van der Waals surface area contributed by atoms with Crippen LogP contribution in [0.2, 0.25) is 0 Å². The van der Waals surface area contributed by atoms with Crippen molar-refractivity contribution in [2.45, 2.75) is 76.6 Å². The molecule has 49 heavy (non-hydrogen) atoms. The molecular formula is C35H43N5O8S. The monoisotopic (exact) mass is 693 g/mol. The van der Waals surface area contributed by atoms with Crippen LogP contribution in [-0.2, 0) is 48.0 Å². The summed E-state index contributed by atoms with van der Waals surface area (Å²) in [5.41, 5.74) is 8.63. The summed E-state index contributed by atoms with van der Waals surface area (Å²) in [6.45, 7) is 4.67. The first-order valence-electron chi connectivity index (χ1n) is 16.0. The Kier molecular flexibility index (Phi) is 12.2. The van der Waals surface area contributed by atoms with Gasteiger partial charge in [-0.25, -0.2) is 4.79 Å². The number of aliphatic carboxylic acids is 1. The van der Waals surface area contributed by atoms with Gasteiger partial charge in [0.05, 0.1) is 12.5 Å². The minimum atomic E-state index is -1.83. The smallest absolute Gasteiger partial charge is 0.424 e. The maximum Gasteiger partial charge on any atom is 0.424 e. The molecule has 0 unspecified atom stereocenters. The number of rotatable bonds is 13. The van der Waals surface area contributed by atoms with Crippen molar-refractivity contribution in [2.24, 2.45) is 11.7 Å². The Hall–Kier alpha value is -4.69. The van der Waals surface area contributed by atoms with E-state index in [1.807, 2.05) is 54.8 Å². The molecular weight excluding hydrogens is 650 g/mol. The fraction of sp³-hybridized carbons (Fsp3) is 0.429. The third-order valence-corrected chi connectivity index (χ3v) is 8.75. The van der Waals surface area contributed by atoms with Gasteiger partial charge in [-0.2, -0.15) is 16.7 Å². The first-order chi connectivity index (χ1) is 23.2. The minimum Gasteiger partial charge on any atom is -0.481 e.